The number of aliphatic hydroxyl groups is 1. The highest BCUT2D eigenvalue weighted by Gasteiger charge is 2.34. The van der Waals surface area contributed by atoms with E-state index in [0.717, 1.165) is 51.9 Å². The molecular weight excluding hydrogens is 276 g/mol. The van der Waals surface area contributed by atoms with Crippen LogP contribution in [0.1, 0.15) is 39.5 Å². The van der Waals surface area contributed by atoms with E-state index in [-0.39, 0.29) is 10.8 Å². The summed E-state index contributed by atoms with van der Waals surface area (Å²) in [5.41, 5.74) is -0.551. The number of piperidine rings is 2. The van der Waals surface area contributed by atoms with E-state index in [9.17, 15) is 15.6 Å². The van der Waals surface area contributed by atoms with Crippen molar-refractivity contribution in [3.05, 3.63) is 0 Å². The van der Waals surface area contributed by atoms with Crippen LogP contribution in [-0.2, 0) is 0 Å². The summed E-state index contributed by atoms with van der Waals surface area (Å²) in [4.78, 5) is 4.43. The number of likely N-dealkylation sites (tertiary alicyclic amines) is 2. The van der Waals surface area contributed by atoms with Crippen molar-refractivity contribution in [3.8, 4) is 12.1 Å². The minimum atomic E-state index is -0.415. The van der Waals surface area contributed by atoms with E-state index in [4.69, 9.17) is 0 Å². The van der Waals surface area contributed by atoms with Crippen molar-refractivity contribution in [2.45, 2.75) is 45.6 Å². The molecule has 0 aromatic carbocycles. The first-order valence-corrected chi connectivity index (χ1v) is 8.33. The van der Waals surface area contributed by atoms with Gasteiger partial charge in [0.15, 0.2) is 0 Å². The average Bonchev–Trinajstić information content (AvgIpc) is 2.47. The summed E-state index contributed by atoms with van der Waals surface area (Å²) in [6.45, 7) is 8.68. The molecule has 2 rings (SSSR count). The lowest BCUT2D eigenvalue weighted by atomic mass is 9.83. The molecular formula is C17H28N4O. The van der Waals surface area contributed by atoms with E-state index >= 15 is 0 Å². The van der Waals surface area contributed by atoms with Crippen molar-refractivity contribution in [1.82, 2.24) is 9.80 Å². The van der Waals surface area contributed by atoms with Crippen molar-refractivity contribution < 1.29 is 5.11 Å². The molecule has 2 saturated heterocycles. The number of nitrogens with zero attached hydrogens (tertiary/aromatic N) is 4. The van der Waals surface area contributed by atoms with Crippen LogP contribution in [0, 0.1) is 33.5 Å². The van der Waals surface area contributed by atoms with Crippen LogP contribution in [0.2, 0.25) is 0 Å². The summed E-state index contributed by atoms with van der Waals surface area (Å²) >= 11 is 0. The Morgan fingerprint density at radius 3 is 1.73 bits per heavy atom. The summed E-state index contributed by atoms with van der Waals surface area (Å²) in [7, 11) is 0. The number of nitriles is 2. The zero-order valence-corrected chi connectivity index (χ0v) is 13.9. The van der Waals surface area contributed by atoms with Gasteiger partial charge in [-0.3, -0.25) is 9.80 Å². The summed E-state index contributed by atoms with van der Waals surface area (Å²) in [6.07, 6.45) is 3.52. The Bertz CT molecular complexity index is 426. The topological polar surface area (TPSA) is 74.3 Å². The third-order valence-electron chi connectivity index (χ3n) is 5.03. The molecule has 2 fully saturated rings. The number of rotatable bonds is 4. The van der Waals surface area contributed by atoms with Crippen LogP contribution in [0.15, 0.2) is 0 Å². The molecule has 22 heavy (non-hydrogen) atoms. The molecule has 2 atom stereocenters. The van der Waals surface area contributed by atoms with Crippen molar-refractivity contribution in [2.24, 2.45) is 10.8 Å². The second-order valence-electron chi connectivity index (χ2n) is 7.68. The Balaban J connectivity index is 1.82. The van der Waals surface area contributed by atoms with Gasteiger partial charge in [0.2, 0.25) is 0 Å². The van der Waals surface area contributed by atoms with Gasteiger partial charge in [0, 0.05) is 26.2 Å². The van der Waals surface area contributed by atoms with Gasteiger partial charge in [-0.05, 0) is 52.6 Å². The third-order valence-corrected chi connectivity index (χ3v) is 5.03. The molecule has 0 aromatic heterocycles. The molecule has 0 aromatic rings. The van der Waals surface area contributed by atoms with E-state index < -0.39 is 6.10 Å². The lowest BCUT2D eigenvalue weighted by molar-refractivity contribution is 0.0327. The first kappa shape index (κ1) is 17.2. The van der Waals surface area contributed by atoms with Crippen molar-refractivity contribution in [2.75, 3.05) is 39.3 Å². The molecule has 0 spiro atoms. The molecule has 0 saturated carbocycles. The number of hydrogen-bond donors (Lipinski definition) is 1. The smallest absolute Gasteiger partial charge is 0.0793 e. The molecule has 0 aliphatic carbocycles. The minimum Gasteiger partial charge on any atom is -0.390 e. The maximum absolute atomic E-state index is 10.4. The standard InChI is InChI=1S/C17H28N4O/c1-16(11-18)5-3-7-20(13-16)9-15(22)10-21-8-4-6-17(2,12-19)14-21/h15,22H,3-10,13-14H2,1-2H3. The van der Waals surface area contributed by atoms with Gasteiger partial charge in [-0.2, -0.15) is 10.5 Å². The van der Waals surface area contributed by atoms with Gasteiger partial charge in [-0.25, -0.2) is 0 Å². The first-order chi connectivity index (χ1) is 10.4. The van der Waals surface area contributed by atoms with Crippen molar-refractivity contribution in [3.63, 3.8) is 0 Å². The van der Waals surface area contributed by atoms with Crippen molar-refractivity contribution in [1.29, 1.82) is 10.5 Å². The van der Waals surface area contributed by atoms with Gasteiger partial charge in [0.25, 0.3) is 0 Å². The Morgan fingerprint density at radius 2 is 1.36 bits per heavy atom. The molecule has 2 heterocycles. The van der Waals surface area contributed by atoms with Gasteiger partial charge in [0.1, 0.15) is 0 Å². The van der Waals surface area contributed by atoms with Crippen LogP contribution in [0.4, 0.5) is 0 Å². The van der Waals surface area contributed by atoms with Gasteiger partial charge >= 0.3 is 0 Å². The average molecular weight is 304 g/mol. The zero-order valence-electron chi connectivity index (χ0n) is 13.9. The Morgan fingerprint density at radius 1 is 0.955 bits per heavy atom. The Labute approximate surface area is 134 Å². The largest absolute Gasteiger partial charge is 0.390 e. The fourth-order valence-corrected chi connectivity index (χ4v) is 3.84. The summed E-state index contributed by atoms with van der Waals surface area (Å²) in [6, 6.07) is 4.83. The summed E-state index contributed by atoms with van der Waals surface area (Å²) in [5, 5.41) is 28.9. The van der Waals surface area contributed by atoms with E-state index in [2.05, 4.69) is 21.9 Å². The Hall–Kier alpha value is -1.14. The van der Waals surface area contributed by atoms with E-state index in [1.807, 2.05) is 13.8 Å². The van der Waals surface area contributed by atoms with E-state index in [1.54, 1.807) is 0 Å². The number of aliphatic hydroxyl groups excluding tert-OH is 1. The van der Waals surface area contributed by atoms with Gasteiger partial charge in [0.05, 0.1) is 29.1 Å². The predicted molar refractivity (Wildman–Crippen MR) is 84.8 cm³/mol. The van der Waals surface area contributed by atoms with Crippen LogP contribution < -0.4 is 0 Å². The molecule has 2 aliphatic rings. The molecule has 0 amide bonds. The fraction of sp³-hybridized carbons (Fsp3) is 0.882. The maximum Gasteiger partial charge on any atom is 0.0793 e. The number of hydrogen-bond acceptors (Lipinski definition) is 5. The normalized spacial score (nSPS) is 35.5. The number of β-amino-alcohol motifs (C(OH)–C–C–N with tert-alkyl or cyclic N) is 1. The van der Waals surface area contributed by atoms with Crippen LogP contribution in [0.5, 0.6) is 0 Å². The third kappa shape index (κ3) is 4.43. The van der Waals surface area contributed by atoms with Gasteiger partial charge in [-0.15, -0.1) is 0 Å². The fourth-order valence-electron chi connectivity index (χ4n) is 3.84. The predicted octanol–water partition coefficient (Wildman–Crippen LogP) is 1.60. The molecule has 5 nitrogen and oxygen atoms in total. The van der Waals surface area contributed by atoms with Gasteiger partial charge in [-0.1, -0.05) is 0 Å². The summed E-state index contributed by atoms with van der Waals surface area (Å²) in [5.74, 6) is 0. The lowest BCUT2D eigenvalue weighted by Crippen LogP contribution is -2.49. The monoisotopic (exact) mass is 304 g/mol. The van der Waals surface area contributed by atoms with E-state index in [1.165, 1.54) is 0 Å². The first-order valence-electron chi connectivity index (χ1n) is 8.33. The highest BCUT2D eigenvalue weighted by molar-refractivity contribution is 5.01. The highest BCUT2D eigenvalue weighted by atomic mass is 16.3. The van der Waals surface area contributed by atoms with Crippen LogP contribution in [0.3, 0.4) is 0 Å². The SMILES string of the molecule is CC1(C#N)CCCN(CC(O)CN2CCCC(C)(C#N)C2)C1. The molecule has 1 N–H and O–H groups in total. The molecule has 5 heteroatoms. The van der Waals surface area contributed by atoms with E-state index in [0.29, 0.717) is 13.1 Å². The zero-order chi connectivity index (χ0) is 16.2. The second kappa shape index (κ2) is 6.96. The Kier molecular flexibility index (Phi) is 5.45. The molecule has 0 bridgehead atoms. The van der Waals surface area contributed by atoms with Crippen LogP contribution in [-0.4, -0.2) is 60.3 Å². The second-order valence-corrected chi connectivity index (χ2v) is 7.68. The van der Waals surface area contributed by atoms with Gasteiger partial charge < -0.3 is 5.11 Å². The highest BCUT2D eigenvalue weighted by Crippen LogP contribution is 2.30. The molecule has 2 aliphatic heterocycles. The minimum absolute atomic E-state index is 0.275. The van der Waals surface area contributed by atoms with Crippen molar-refractivity contribution >= 4 is 0 Å². The molecule has 0 radical (unpaired) electrons. The molecule has 2 unspecified atom stereocenters. The van der Waals surface area contributed by atoms with Crippen LogP contribution in [0.25, 0.3) is 0 Å². The lowest BCUT2D eigenvalue weighted by Gasteiger charge is -2.39. The molecule has 122 valence electrons. The summed E-state index contributed by atoms with van der Waals surface area (Å²) < 4.78 is 0. The van der Waals surface area contributed by atoms with Crippen LogP contribution >= 0.6 is 0 Å². The quantitative estimate of drug-likeness (QED) is 0.854. The maximum atomic E-state index is 10.4.